The van der Waals surface area contributed by atoms with E-state index in [4.69, 9.17) is 0 Å². The quantitative estimate of drug-likeness (QED) is 0.721. The van der Waals surface area contributed by atoms with Gasteiger partial charge in [0.05, 0.1) is 0 Å². The van der Waals surface area contributed by atoms with Crippen molar-refractivity contribution in [1.82, 2.24) is 9.97 Å². The summed E-state index contributed by atoms with van der Waals surface area (Å²) in [4.78, 5) is 8.76. The van der Waals surface area contributed by atoms with Crippen LogP contribution in [0.2, 0.25) is 0 Å². The number of nitrogens with zero attached hydrogens (tertiary/aromatic N) is 2. The highest BCUT2D eigenvalue weighted by Crippen LogP contribution is 2.21. The maximum atomic E-state index is 13.7. The maximum Gasteiger partial charge on any atom is 0.136 e. The van der Waals surface area contributed by atoms with Gasteiger partial charge in [-0.25, -0.2) is 14.4 Å². The average molecular weight is 322 g/mol. The lowest BCUT2D eigenvalue weighted by molar-refractivity contribution is 0.613. The summed E-state index contributed by atoms with van der Waals surface area (Å²) in [6.45, 7) is 4.23. The lowest BCUT2D eigenvalue weighted by atomic mass is 10.2. The number of aromatic nitrogens is 2. The molecule has 0 unspecified atom stereocenters. The van der Waals surface area contributed by atoms with Gasteiger partial charge < -0.3 is 10.6 Å². The van der Waals surface area contributed by atoms with Crippen LogP contribution in [0.4, 0.5) is 21.7 Å². The second kappa shape index (κ2) is 7.08. The zero-order chi connectivity index (χ0) is 16.9. The van der Waals surface area contributed by atoms with E-state index >= 15 is 0 Å². The number of hydrogen-bond acceptors (Lipinski definition) is 4. The summed E-state index contributed by atoms with van der Waals surface area (Å²) in [5.41, 5.74) is 2.73. The molecule has 0 atom stereocenters. The first kappa shape index (κ1) is 15.9. The van der Waals surface area contributed by atoms with Crippen LogP contribution < -0.4 is 10.6 Å². The summed E-state index contributed by atoms with van der Waals surface area (Å²) in [5, 5.41) is 6.45. The summed E-state index contributed by atoms with van der Waals surface area (Å²) in [7, 11) is 0. The van der Waals surface area contributed by atoms with Gasteiger partial charge in [0.2, 0.25) is 0 Å². The van der Waals surface area contributed by atoms with Crippen molar-refractivity contribution in [2.24, 2.45) is 0 Å². The predicted octanol–water partition coefficient (Wildman–Crippen LogP) is 4.59. The molecule has 0 aliphatic rings. The molecule has 0 bridgehead atoms. The van der Waals surface area contributed by atoms with Gasteiger partial charge in [-0.15, -0.1) is 0 Å². The second-order valence-electron chi connectivity index (χ2n) is 5.57. The number of aryl methyl sites for hydroxylation is 2. The summed E-state index contributed by atoms with van der Waals surface area (Å²) in [5.74, 6) is 1.77. The lowest BCUT2D eigenvalue weighted by Crippen LogP contribution is -2.06. The molecule has 0 radical (unpaired) electrons. The smallest absolute Gasteiger partial charge is 0.136 e. The molecule has 1 aromatic heterocycles. The van der Waals surface area contributed by atoms with E-state index in [0.29, 0.717) is 29.6 Å². The highest BCUT2D eigenvalue weighted by Gasteiger charge is 2.05. The van der Waals surface area contributed by atoms with Gasteiger partial charge in [0, 0.05) is 23.9 Å². The molecule has 2 aromatic carbocycles. The Morgan fingerprint density at radius 3 is 2.42 bits per heavy atom. The first-order valence-corrected chi connectivity index (χ1v) is 7.77. The molecule has 0 aliphatic heterocycles. The van der Waals surface area contributed by atoms with Crippen molar-refractivity contribution in [3.8, 4) is 0 Å². The standard InChI is InChI=1S/C19H19FN4/c1-13-7-3-6-10-17(13)24-19-11-18(22-14(2)23-19)21-12-15-8-4-5-9-16(15)20/h3-11H,12H2,1-2H3,(H2,21,22,23,24). The normalized spacial score (nSPS) is 10.5. The third kappa shape index (κ3) is 3.87. The fourth-order valence-corrected chi connectivity index (χ4v) is 2.40. The predicted molar refractivity (Wildman–Crippen MR) is 95.0 cm³/mol. The van der Waals surface area contributed by atoms with Crippen LogP contribution in [0, 0.1) is 19.7 Å². The Kier molecular flexibility index (Phi) is 4.70. The molecular formula is C19H19FN4. The van der Waals surface area contributed by atoms with Gasteiger partial charge in [0.1, 0.15) is 23.3 Å². The van der Waals surface area contributed by atoms with Crippen molar-refractivity contribution in [2.75, 3.05) is 10.6 Å². The van der Waals surface area contributed by atoms with E-state index in [2.05, 4.69) is 20.6 Å². The number of rotatable bonds is 5. The molecular weight excluding hydrogens is 303 g/mol. The SMILES string of the molecule is Cc1nc(NCc2ccccc2F)cc(Nc2ccccc2C)n1. The lowest BCUT2D eigenvalue weighted by Gasteiger charge is -2.12. The van der Waals surface area contributed by atoms with Crippen molar-refractivity contribution in [3.63, 3.8) is 0 Å². The van der Waals surface area contributed by atoms with Gasteiger partial charge in [-0.1, -0.05) is 36.4 Å². The third-order valence-electron chi connectivity index (χ3n) is 3.66. The van der Waals surface area contributed by atoms with Crippen LogP contribution in [-0.4, -0.2) is 9.97 Å². The zero-order valence-electron chi connectivity index (χ0n) is 13.7. The van der Waals surface area contributed by atoms with Crippen LogP contribution in [0.3, 0.4) is 0 Å². The molecule has 0 aliphatic carbocycles. The number of benzene rings is 2. The molecule has 3 rings (SSSR count). The van der Waals surface area contributed by atoms with Crippen molar-refractivity contribution in [2.45, 2.75) is 20.4 Å². The van der Waals surface area contributed by atoms with Crippen LogP contribution in [0.5, 0.6) is 0 Å². The van der Waals surface area contributed by atoms with Crippen molar-refractivity contribution in [3.05, 3.63) is 77.4 Å². The minimum Gasteiger partial charge on any atom is -0.366 e. The molecule has 4 nitrogen and oxygen atoms in total. The van der Waals surface area contributed by atoms with E-state index in [1.54, 1.807) is 12.1 Å². The summed E-state index contributed by atoms with van der Waals surface area (Å²) in [6, 6.07) is 16.5. The van der Waals surface area contributed by atoms with Gasteiger partial charge in [0.25, 0.3) is 0 Å². The Morgan fingerprint density at radius 2 is 1.62 bits per heavy atom. The molecule has 0 fully saturated rings. The van der Waals surface area contributed by atoms with Crippen molar-refractivity contribution < 1.29 is 4.39 Å². The topological polar surface area (TPSA) is 49.8 Å². The molecule has 0 saturated heterocycles. The fourth-order valence-electron chi connectivity index (χ4n) is 2.40. The average Bonchev–Trinajstić information content (AvgIpc) is 2.56. The number of para-hydroxylation sites is 1. The Balaban J connectivity index is 1.77. The summed E-state index contributed by atoms with van der Waals surface area (Å²) < 4.78 is 13.7. The summed E-state index contributed by atoms with van der Waals surface area (Å²) >= 11 is 0. The van der Waals surface area contributed by atoms with Crippen LogP contribution >= 0.6 is 0 Å². The van der Waals surface area contributed by atoms with E-state index in [-0.39, 0.29) is 5.82 Å². The monoisotopic (exact) mass is 322 g/mol. The Hall–Kier alpha value is -2.95. The fraction of sp³-hybridized carbons (Fsp3) is 0.158. The molecule has 0 amide bonds. The Morgan fingerprint density at radius 1 is 0.917 bits per heavy atom. The highest BCUT2D eigenvalue weighted by atomic mass is 19.1. The van der Waals surface area contributed by atoms with E-state index in [1.165, 1.54) is 6.07 Å². The number of anilines is 3. The minimum absolute atomic E-state index is 0.228. The van der Waals surface area contributed by atoms with Crippen LogP contribution in [-0.2, 0) is 6.54 Å². The molecule has 3 aromatic rings. The van der Waals surface area contributed by atoms with Gasteiger partial charge in [-0.05, 0) is 31.5 Å². The highest BCUT2D eigenvalue weighted by molar-refractivity contribution is 5.62. The first-order valence-electron chi connectivity index (χ1n) is 7.77. The molecule has 0 saturated carbocycles. The van der Waals surface area contributed by atoms with Gasteiger partial charge in [-0.3, -0.25) is 0 Å². The van der Waals surface area contributed by atoms with E-state index in [9.17, 15) is 4.39 Å². The molecule has 0 spiro atoms. The molecule has 2 N–H and O–H groups in total. The molecule has 1 heterocycles. The number of hydrogen-bond donors (Lipinski definition) is 2. The summed E-state index contributed by atoms with van der Waals surface area (Å²) in [6.07, 6.45) is 0. The van der Waals surface area contributed by atoms with E-state index in [0.717, 1.165) is 11.3 Å². The minimum atomic E-state index is -0.228. The van der Waals surface area contributed by atoms with Crippen LogP contribution in [0.25, 0.3) is 0 Å². The Labute approximate surface area is 140 Å². The maximum absolute atomic E-state index is 13.7. The molecule has 122 valence electrons. The van der Waals surface area contributed by atoms with E-state index in [1.807, 2.05) is 50.2 Å². The molecule has 24 heavy (non-hydrogen) atoms. The van der Waals surface area contributed by atoms with Gasteiger partial charge in [-0.2, -0.15) is 0 Å². The van der Waals surface area contributed by atoms with E-state index < -0.39 is 0 Å². The first-order chi connectivity index (χ1) is 11.6. The van der Waals surface area contributed by atoms with Gasteiger partial charge >= 0.3 is 0 Å². The zero-order valence-corrected chi connectivity index (χ0v) is 13.7. The number of halogens is 1. The second-order valence-corrected chi connectivity index (χ2v) is 5.57. The number of nitrogens with one attached hydrogen (secondary N) is 2. The largest absolute Gasteiger partial charge is 0.366 e. The third-order valence-corrected chi connectivity index (χ3v) is 3.66. The molecule has 5 heteroatoms. The van der Waals surface area contributed by atoms with Crippen LogP contribution in [0.15, 0.2) is 54.6 Å². The van der Waals surface area contributed by atoms with Crippen molar-refractivity contribution in [1.29, 1.82) is 0 Å². The van der Waals surface area contributed by atoms with Crippen molar-refractivity contribution >= 4 is 17.3 Å². The van der Waals surface area contributed by atoms with Crippen LogP contribution in [0.1, 0.15) is 17.0 Å². The Bertz CT molecular complexity index is 848. The van der Waals surface area contributed by atoms with Gasteiger partial charge in [0.15, 0.2) is 0 Å².